The van der Waals surface area contributed by atoms with Crippen molar-refractivity contribution in [1.82, 2.24) is 25.2 Å². The van der Waals surface area contributed by atoms with E-state index in [1.54, 1.807) is 0 Å². The van der Waals surface area contributed by atoms with Crippen LogP contribution in [0.4, 0.5) is 5.69 Å². The first-order chi connectivity index (χ1) is 14.3. The second kappa shape index (κ2) is 13.0. The molecule has 3 rings (SSSR count). The van der Waals surface area contributed by atoms with E-state index in [2.05, 4.69) is 69.9 Å². The molecular weight excluding hydrogens is 489 g/mol. The van der Waals surface area contributed by atoms with Crippen LogP contribution in [0.2, 0.25) is 0 Å². The summed E-state index contributed by atoms with van der Waals surface area (Å²) in [4.78, 5) is 7.10. The number of benzene rings is 1. The number of para-hydroxylation sites is 1. The normalized spacial score (nSPS) is 11.2. The number of aliphatic imine (C=N–C) groups is 1. The van der Waals surface area contributed by atoms with Crippen LogP contribution in [0, 0.1) is 0 Å². The Kier molecular flexibility index (Phi) is 10.4. The van der Waals surface area contributed by atoms with Crippen molar-refractivity contribution in [2.24, 2.45) is 4.99 Å². The van der Waals surface area contributed by atoms with E-state index in [0.717, 1.165) is 63.0 Å². The summed E-state index contributed by atoms with van der Waals surface area (Å²) < 4.78 is 2.02. The van der Waals surface area contributed by atoms with Gasteiger partial charge in [0.05, 0.1) is 0 Å². The molecule has 0 spiro atoms. The zero-order chi connectivity index (χ0) is 20.3. The number of fused-ring (bicyclic) bond motifs is 1. The van der Waals surface area contributed by atoms with Crippen LogP contribution in [0.25, 0.3) is 5.65 Å². The Morgan fingerprint density at radius 3 is 2.60 bits per heavy atom. The van der Waals surface area contributed by atoms with Gasteiger partial charge in [0.2, 0.25) is 0 Å². The standard InChI is InChI=1S/C22H31N7.HI/c1-3-23-22(24-15-10-17-28(4-2)19-11-6-5-7-12-19)25-16-14-21-27-26-20-13-8-9-18-29(20)21;/h5-9,11-13,18H,3-4,10,14-17H2,1-2H3,(H2,23,24,25);1H. The van der Waals surface area contributed by atoms with E-state index in [1.165, 1.54) is 5.69 Å². The maximum absolute atomic E-state index is 4.72. The van der Waals surface area contributed by atoms with Gasteiger partial charge in [-0.2, -0.15) is 0 Å². The van der Waals surface area contributed by atoms with Crippen LogP contribution in [0.5, 0.6) is 0 Å². The highest BCUT2D eigenvalue weighted by Gasteiger charge is 2.05. The smallest absolute Gasteiger partial charge is 0.191 e. The summed E-state index contributed by atoms with van der Waals surface area (Å²) in [5, 5.41) is 15.2. The number of hydrogen-bond donors (Lipinski definition) is 2. The lowest BCUT2D eigenvalue weighted by molar-refractivity contribution is 0.734. The molecule has 0 aliphatic carbocycles. The van der Waals surface area contributed by atoms with Gasteiger partial charge in [0.1, 0.15) is 5.82 Å². The number of guanidine groups is 1. The summed E-state index contributed by atoms with van der Waals surface area (Å²) in [6, 6.07) is 16.5. The van der Waals surface area contributed by atoms with E-state index in [0.29, 0.717) is 0 Å². The number of halogens is 1. The molecule has 0 aliphatic heterocycles. The minimum atomic E-state index is 0. The predicted octanol–water partition coefficient (Wildman–Crippen LogP) is 3.36. The molecule has 162 valence electrons. The molecule has 0 atom stereocenters. The third kappa shape index (κ3) is 6.86. The van der Waals surface area contributed by atoms with Crippen LogP contribution in [0.3, 0.4) is 0 Å². The molecule has 2 N–H and O–H groups in total. The Balaban J connectivity index is 0.00000320. The molecule has 3 aromatic rings. The van der Waals surface area contributed by atoms with Crippen LogP contribution >= 0.6 is 24.0 Å². The molecule has 0 saturated heterocycles. The Hall–Kier alpha value is -2.36. The van der Waals surface area contributed by atoms with E-state index in [-0.39, 0.29) is 24.0 Å². The van der Waals surface area contributed by atoms with Gasteiger partial charge in [-0.25, -0.2) is 0 Å². The number of anilines is 1. The van der Waals surface area contributed by atoms with Crippen molar-refractivity contribution in [3.8, 4) is 0 Å². The number of nitrogens with one attached hydrogen (secondary N) is 2. The topological polar surface area (TPSA) is 69.8 Å². The van der Waals surface area contributed by atoms with Crippen LogP contribution in [0.15, 0.2) is 59.7 Å². The number of aromatic nitrogens is 3. The van der Waals surface area contributed by atoms with E-state index in [1.807, 2.05) is 28.8 Å². The molecule has 7 nitrogen and oxygen atoms in total. The highest BCUT2D eigenvalue weighted by Crippen LogP contribution is 2.12. The van der Waals surface area contributed by atoms with Crippen LogP contribution in [-0.4, -0.2) is 53.3 Å². The summed E-state index contributed by atoms with van der Waals surface area (Å²) in [5.41, 5.74) is 2.14. The van der Waals surface area contributed by atoms with Gasteiger partial charge in [0.25, 0.3) is 0 Å². The first-order valence-corrected chi connectivity index (χ1v) is 10.4. The maximum Gasteiger partial charge on any atom is 0.191 e. The van der Waals surface area contributed by atoms with Crippen LogP contribution in [-0.2, 0) is 6.42 Å². The van der Waals surface area contributed by atoms with Crippen molar-refractivity contribution < 1.29 is 0 Å². The maximum atomic E-state index is 4.72. The van der Waals surface area contributed by atoms with Crippen molar-refractivity contribution >= 4 is 41.3 Å². The molecule has 0 amide bonds. The molecule has 0 unspecified atom stereocenters. The Morgan fingerprint density at radius 2 is 1.83 bits per heavy atom. The Bertz CT molecular complexity index is 895. The van der Waals surface area contributed by atoms with Gasteiger partial charge >= 0.3 is 0 Å². The largest absolute Gasteiger partial charge is 0.372 e. The summed E-state index contributed by atoms with van der Waals surface area (Å²) in [7, 11) is 0. The van der Waals surface area contributed by atoms with Gasteiger partial charge < -0.3 is 15.5 Å². The molecule has 0 saturated carbocycles. The van der Waals surface area contributed by atoms with Crippen molar-refractivity contribution in [3.63, 3.8) is 0 Å². The minimum Gasteiger partial charge on any atom is -0.372 e. The Morgan fingerprint density at radius 1 is 1.03 bits per heavy atom. The van der Waals surface area contributed by atoms with Crippen LogP contribution in [0.1, 0.15) is 26.1 Å². The van der Waals surface area contributed by atoms with Crippen molar-refractivity contribution in [1.29, 1.82) is 0 Å². The fourth-order valence-corrected chi connectivity index (χ4v) is 3.26. The second-order valence-corrected chi connectivity index (χ2v) is 6.75. The van der Waals surface area contributed by atoms with E-state index >= 15 is 0 Å². The van der Waals surface area contributed by atoms with Gasteiger partial charge in [0.15, 0.2) is 11.6 Å². The average Bonchev–Trinajstić information content (AvgIpc) is 3.17. The first kappa shape index (κ1) is 23.9. The van der Waals surface area contributed by atoms with Crippen LogP contribution < -0.4 is 15.5 Å². The Labute approximate surface area is 196 Å². The molecular formula is C22H32IN7. The number of rotatable bonds is 10. The number of nitrogens with zero attached hydrogens (tertiary/aromatic N) is 5. The molecule has 2 heterocycles. The summed E-state index contributed by atoms with van der Waals surface area (Å²) >= 11 is 0. The fourth-order valence-electron chi connectivity index (χ4n) is 3.26. The summed E-state index contributed by atoms with van der Waals surface area (Å²) in [6.07, 6.45) is 3.79. The highest BCUT2D eigenvalue weighted by molar-refractivity contribution is 14.0. The lowest BCUT2D eigenvalue weighted by Crippen LogP contribution is -2.38. The molecule has 0 aliphatic rings. The SMILES string of the molecule is CCNC(=NCCCN(CC)c1ccccc1)NCCc1nnc2ccccn12.I. The molecule has 1 aromatic carbocycles. The van der Waals surface area contributed by atoms with E-state index in [4.69, 9.17) is 4.99 Å². The van der Waals surface area contributed by atoms with E-state index < -0.39 is 0 Å². The molecule has 0 fully saturated rings. The number of pyridine rings is 1. The predicted molar refractivity (Wildman–Crippen MR) is 135 cm³/mol. The van der Waals surface area contributed by atoms with Gasteiger partial charge in [-0.15, -0.1) is 34.2 Å². The highest BCUT2D eigenvalue weighted by atomic mass is 127. The average molecular weight is 521 g/mol. The lowest BCUT2D eigenvalue weighted by Gasteiger charge is -2.22. The zero-order valence-electron chi connectivity index (χ0n) is 17.8. The third-order valence-electron chi connectivity index (χ3n) is 4.73. The third-order valence-corrected chi connectivity index (χ3v) is 4.73. The fraction of sp³-hybridized carbons (Fsp3) is 0.409. The summed E-state index contributed by atoms with van der Waals surface area (Å²) in [6.45, 7) is 8.64. The van der Waals surface area contributed by atoms with Crippen molar-refractivity contribution in [2.75, 3.05) is 37.6 Å². The minimum absolute atomic E-state index is 0. The van der Waals surface area contributed by atoms with Crippen molar-refractivity contribution in [2.45, 2.75) is 26.7 Å². The summed E-state index contributed by atoms with van der Waals surface area (Å²) in [5.74, 6) is 1.80. The quantitative estimate of drug-likeness (QED) is 0.185. The van der Waals surface area contributed by atoms with Gasteiger partial charge in [-0.3, -0.25) is 9.39 Å². The molecule has 2 aromatic heterocycles. The van der Waals surface area contributed by atoms with Gasteiger partial charge in [-0.1, -0.05) is 24.3 Å². The first-order valence-electron chi connectivity index (χ1n) is 10.4. The lowest BCUT2D eigenvalue weighted by atomic mass is 10.2. The second-order valence-electron chi connectivity index (χ2n) is 6.75. The zero-order valence-corrected chi connectivity index (χ0v) is 20.1. The molecule has 0 radical (unpaired) electrons. The van der Waals surface area contributed by atoms with Gasteiger partial charge in [0, 0.05) is 51.0 Å². The monoisotopic (exact) mass is 521 g/mol. The van der Waals surface area contributed by atoms with Gasteiger partial charge in [-0.05, 0) is 44.5 Å². The van der Waals surface area contributed by atoms with E-state index in [9.17, 15) is 0 Å². The van der Waals surface area contributed by atoms with Crippen molar-refractivity contribution in [3.05, 3.63) is 60.6 Å². The number of hydrogen-bond acceptors (Lipinski definition) is 4. The molecule has 0 bridgehead atoms. The molecule has 8 heteroatoms. The molecule has 30 heavy (non-hydrogen) atoms.